The second-order valence-corrected chi connectivity index (χ2v) is 9.15. The van der Waals surface area contributed by atoms with Gasteiger partial charge in [0.2, 0.25) is 11.8 Å². The van der Waals surface area contributed by atoms with Crippen molar-refractivity contribution in [2.75, 3.05) is 29.5 Å². The Bertz CT molecular complexity index is 726. The first-order valence-corrected chi connectivity index (χ1v) is 10.4. The molecular formula is C18H26N2O4S. The van der Waals surface area contributed by atoms with Gasteiger partial charge in [0, 0.05) is 31.0 Å². The summed E-state index contributed by atoms with van der Waals surface area (Å²) in [4.78, 5) is 26.1. The van der Waals surface area contributed by atoms with E-state index in [2.05, 4.69) is 19.2 Å². The van der Waals surface area contributed by atoms with E-state index in [-0.39, 0.29) is 36.3 Å². The summed E-state index contributed by atoms with van der Waals surface area (Å²) in [6.07, 6.45) is 0.151. The highest BCUT2D eigenvalue weighted by molar-refractivity contribution is 7.91. The molecule has 1 aromatic carbocycles. The second-order valence-electron chi connectivity index (χ2n) is 6.68. The van der Waals surface area contributed by atoms with Crippen molar-refractivity contribution in [1.29, 1.82) is 0 Å². The first-order chi connectivity index (χ1) is 11.7. The fraction of sp³-hybridized carbons (Fsp3) is 0.556. The Morgan fingerprint density at radius 2 is 1.92 bits per heavy atom. The highest BCUT2D eigenvalue weighted by atomic mass is 32.2. The smallest absolute Gasteiger partial charge is 0.227 e. The molecule has 1 saturated heterocycles. The van der Waals surface area contributed by atoms with Crippen LogP contribution in [0.1, 0.15) is 38.7 Å². The van der Waals surface area contributed by atoms with Gasteiger partial charge in [-0.15, -0.1) is 0 Å². The molecule has 2 amide bonds. The fourth-order valence-corrected chi connectivity index (χ4v) is 3.49. The van der Waals surface area contributed by atoms with Crippen LogP contribution in [0.3, 0.4) is 0 Å². The van der Waals surface area contributed by atoms with Crippen LogP contribution in [0.2, 0.25) is 0 Å². The number of benzene rings is 1. The first-order valence-electron chi connectivity index (χ1n) is 8.62. The zero-order chi connectivity index (χ0) is 18.6. The Hall–Kier alpha value is -1.89. The van der Waals surface area contributed by atoms with E-state index >= 15 is 0 Å². The summed E-state index contributed by atoms with van der Waals surface area (Å²) in [5.74, 6) is -0.385. The van der Waals surface area contributed by atoms with E-state index in [1.54, 1.807) is 11.8 Å². The summed E-state index contributed by atoms with van der Waals surface area (Å²) in [7, 11) is -3.11. The zero-order valence-corrected chi connectivity index (χ0v) is 15.8. The predicted molar refractivity (Wildman–Crippen MR) is 98.3 cm³/mol. The lowest BCUT2D eigenvalue weighted by Crippen LogP contribution is -2.35. The zero-order valence-electron chi connectivity index (χ0n) is 15.0. The maximum atomic E-state index is 12.2. The molecule has 1 aliphatic rings. The minimum absolute atomic E-state index is 0.0605. The number of anilines is 1. The fourth-order valence-electron chi connectivity index (χ4n) is 2.79. The van der Waals surface area contributed by atoms with Crippen LogP contribution < -0.4 is 10.2 Å². The number of hydrogen-bond acceptors (Lipinski definition) is 4. The molecule has 1 aliphatic heterocycles. The molecule has 0 aliphatic carbocycles. The summed E-state index contributed by atoms with van der Waals surface area (Å²) < 4.78 is 22.9. The number of carbonyl (C=O) groups is 2. The number of sulfone groups is 1. The van der Waals surface area contributed by atoms with Gasteiger partial charge in [0.1, 0.15) is 0 Å². The van der Waals surface area contributed by atoms with Crippen LogP contribution in [0.15, 0.2) is 24.3 Å². The molecule has 0 spiro atoms. The van der Waals surface area contributed by atoms with Crippen LogP contribution in [-0.4, -0.2) is 44.8 Å². The number of nitrogens with one attached hydrogen (secondary N) is 1. The van der Waals surface area contributed by atoms with E-state index in [0.29, 0.717) is 12.5 Å². The lowest BCUT2D eigenvalue weighted by atomic mass is 10.0. The number of nitrogens with zero attached hydrogens (tertiary/aromatic N) is 1. The molecule has 1 heterocycles. The lowest BCUT2D eigenvalue weighted by Gasteiger charge is -2.17. The number of amides is 2. The van der Waals surface area contributed by atoms with Gasteiger partial charge in [-0.1, -0.05) is 32.9 Å². The minimum Gasteiger partial charge on any atom is -0.355 e. The number of hydrogen-bond donors (Lipinski definition) is 1. The average Bonchev–Trinajstić information content (AvgIpc) is 2.96. The van der Waals surface area contributed by atoms with E-state index in [1.165, 1.54) is 5.56 Å². The molecular weight excluding hydrogens is 340 g/mol. The van der Waals surface area contributed by atoms with Crippen molar-refractivity contribution < 1.29 is 18.0 Å². The summed E-state index contributed by atoms with van der Waals surface area (Å²) in [5.41, 5.74) is 1.99. The highest BCUT2D eigenvalue weighted by Gasteiger charge is 2.35. The summed E-state index contributed by atoms with van der Waals surface area (Å²) in [6.45, 7) is 6.20. The van der Waals surface area contributed by atoms with E-state index < -0.39 is 15.8 Å². The molecule has 0 unspecified atom stereocenters. The van der Waals surface area contributed by atoms with Crippen LogP contribution in [0, 0.1) is 5.92 Å². The van der Waals surface area contributed by atoms with Gasteiger partial charge in [-0.2, -0.15) is 0 Å². The molecule has 0 bridgehead atoms. The Labute approximate surface area is 149 Å². The SMILES string of the molecule is CCS(=O)(=O)CCNC(=O)[C@H]1CC(=O)N(c2ccc(C(C)C)cc2)C1. The lowest BCUT2D eigenvalue weighted by molar-refractivity contribution is -0.126. The molecule has 7 heteroatoms. The van der Waals surface area contributed by atoms with Crippen LogP contribution in [0.5, 0.6) is 0 Å². The molecule has 25 heavy (non-hydrogen) atoms. The van der Waals surface area contributed by atoms with Gasteiger partial charge in [0.25, 0.3) is 0 Å². The monoisotopic (exact) mass is 366 g/mol. The van der Waals surface area contributed by atoms with Crippen LogP contribution in [0.25, 0.3) is 0 Å². The molecule has 2 rings (SSSR count). The van der Waals surface area contributed by atoms with Crippen LogP contribution in [0.4, 0.5) is 5.69 Å². The van der Waals surface area contributed by atoms with Gasteiger partial charge < -0.3 is 10.2 Å². The molecule has 1 atom stereocenters. The van der Waals surface area contributed by atoms with E-state index in [1.807, 2.05) is 24.3 Å². The third-order valence-electron chi connectivity index (χ3n) is 4.52. The third kappa shape index (κ3) is 5.04. The van der Waals surface area contributed by atoms with Gasteiger partial charge in [-0.3, -0.25) is 9.59 Å². The highest BCUT2D eigenvalue weighted by Crippen LogP contribution is 2.26. The molecule has 0 saturated carbocycles. The van der Waals surface area contributed by atoms with E-state index in [4.69, 9.17) is 0 Å². The summed E-state index contributed by atoms with van der Waals surface area (Å²) >= 11 is 0. The maximum absolute atomic E-state index is 12.2. The third-order valence-corrected chi connectivity index (χ3v) is 6.23. The van der Waals surface area contributed by atoms with Gasteiger partial charge >= 0.3 is 0 Å². The maximum Gasteiger partial charge on any atom is 0.227 e. The van der Waals surface area contributed by atoms with Crippen molar-refractivity contribution >= 4 is 27.3 Å². The van der Waals surface area contributed by atoms with Crippen molar-refractivity contribution in [1.82, 2.24) is 5.32 Å². The van der Waals surface area contributed by atoms with Crippen molar-refractivity contribution in [3.63, 3.8) is 0 Å². The summed E-state index contributed by atoms with van der Waals surface area (Å²) in [5, 5.41) is 2.63. The van der Waals surface area contributed by atoms with Crippen molar-refractivity contribution in [3.8, 4) is 0 Å². The Kier molecular flexibility index (Phi) is 6.21. The van der Waals surface area contributed by atoms with E-state index in [9.17, 15) is 18.0 Å². The van der Waals surface area contributed by atoms with Gasteiger partial charge in [-0.05, 0) is 23.6 Å². The van der Waals surface area contributed by atoms with Crippen molar-refractivity contribution in [3.05, 3.63) is 29.8 Å². The number of carbonyl (C=O) groups excluding carboxylic acids is 2. The molecule has 1 fully saturated rings. The van der Waals surface area contributed by atoms with E-state index in [0.717, 1.165) is 5.69 Å². The molecule has 0 aromatic heterocycles. The quantitative estimate of drug-likeness (QED) is 0.796. The van der Waals surface area contributed by atoms with Crippen molar-refractivity contribution in [2.24, 2.45) is 5.92 Å². The van der Waals surface area contributed by atoms with Gasteiger partial charge in [0.15, 0.2) is 9.84 Å². The first kappa shape index (κ1) is 19.4. The van der Waals surface area contributed by atoms with Crippen LogP contribution >= 0.6 is 0 Å². The average molecular weight is 366 g/mol. The number of rotatable bonds is 7. The van der Waals surface area contributed by atoms with Gasteiger partial charge in [-0.25, -0.2) is 8.42 Å². The Balaban J connectivity index is 1.94. The topological polar surface area (TPSA) is 83.5 Å². The minimum atomic E-state index is -3.11. The largest absolute Gasteiger partial charge is 0.355 e. The Morgan fingerprint density at radius 3 is 2.48 bits per heavy atom. The predicted octanol–water partition coefficient (Wildman–Crippen LogP) is 1.71. The normalized spacial score (nSPS) is 18.0. The molecule has 138 valence electrons. The summed E-state index contributed by atoms with van der Waals surface area (Å²) in [6, 6.07) is 7.80. The molecule has 1 N–H and O–H groups in total. The molecule has 0 radical (unpaired) electrons. The standard InChI is InChI=1S/C18H26N2O4S/c1-4-25(23,24)10-9-19-18(22)15-11-17(21)20(12-15)16-7-5-14(6-8-16)13(2)3/h5-8,13,15H,4,9-12H2,1-3H3,(H,19,22)/t15-/m0/s1. The molecule has 6 nitrogen and oxygen atoms in total. The van der Waals surface area contributed by atoms with Gasteiger partial charge in [0.05, 0.1) is 11.7 Å². The van der Waals surface area contributed by atoms with Crippen LogP contribution in [-0.2, 0) is 19.4 Å². The van der Waals surface area contributed by atoms with Crippen molar-refractivity contribution in [2.45, 2.75) is 33.1 Å². The molecule has 1 aromatic rings. The second kappa shape index (κ2) is 7.99. The Morgan fingerprint density at radius 1 is 1.28 bits per heavy atom.